The predicted octanol–water partition coefficient (Wildman–Crippen LogP) is 3.07. The van der Waals surface area contributed by atoms with Gasteiger partial charge in [0, 0.05) is 0 Å². The van der Waals surface area contributed by atoms with Crippen molar-refractivity contribution >= 4 is 31.7 Å². The minimum absolute atomic E-state index is 0.0663. The Labute approximate surface area is 114 Å². The fourth-order valence-electron chi connectivity index (χ4n) is 3.01. The number of nitrogens with zero attached hydrogens (tertiary/aromatic N) is 2. The Balaban J connectivity index is 1.84. The van der Waals surface area contributed by atoms with Crippen molar-refractivity contribution in [2.45, 2.75) is 45.1 Å². The number of hydrogen-bond donors (Lipinski definition) is 1. The van der Waals surface area contributed by atoms with E-state index in [1.165, 1.54) is 37.8 Å². The average molecular weight is 308 g/mol. The molecule has 0 aliphatic heterocycles. The molecular formula is C14H19N3Se. The van der Waals surface area contributed by atoms with E-state index >= 15 is 0 Å². The van der Waals surface area contributed by atoms with Crippen LogP contribution in [-0.2, 0) is 0 Å². The summed E-state index contributed by atoms with van der Waals surface area (Å²) in [5.74, 6) is 0.818. The van der Waals surface area contributed by atoms with Crippen LogP contribution in [0.1, 0.15) is 39.0 Å². The van der Waals surface area contributed by atoms with Crippen LogP contribution in [0.2, 0.25) is 0 Å². The van der Waals surface area contributed by atoms with Gasteiger partial charge in [-0.1, -0.05) is 0 Å². The van der Waals surface area contributed by atoms with Crippen molar-refractivity contribution in [2.75, 3.05) is 5.32 Å². The van der Waals surface area contributed by atoms with Crippen molar-refractivity contribution in [3.63, 3.8) is 0 Å². The quantitative estimate of drug-likeness (QED) is 0.886. The molecule has 0 spiro atoms. The maximum absolute atomic E-state index is 4.55. The normalized spacial score (nSPS) is 24.3. The molecule has 3 nitrogen and oxygen atoms in total. The zero-order chi connectivity index (χ0) is 12.4. The molecule has 4 heteroatoms. The first-order valence-electron chi connectivity index (χ1n) is 6.86. The molecule has 1 aliphatic rings. The molecule has 1 heterocycles. The van der Waals surface area contributed by atoms with E-state index in [1.807, 2.05) is 0 Å². The summed E-state index contributed by atoms with van der Waals surface area (Å²) in [5, 5.41) is 3.74. The van der Waals surface area contributed by atoms with Crippen molar-refractivity contribution < 1.29 is 0 Å². The zero-order valence-electron chi connectivity index (χ0n) is 10.7. The Morgan fingerprint density at radius 1 is 1.28 bits per heavy atom. The van der Waals surface area contributed by atoms with Crippen LogP contribution in [0.3, 0.4) is 0 Å². The number of aromatic nitrogens is 2. The predicted molar refractivity (Wildman–Crippen MR) is 76.1 cm³/mol. The molecular weight excluding hydrogens is 289 g/mol. The maximum atomic E-state index is 4.55. The van der Waals surface area contributed by atoms with Crippen molar-refractivity contribution in [2.24, 2.45) is 5.92 Å². The van der Waals surface area contributed by atoms with Gasteiger partial charge in [-0.15, -0.1) is 0 Å². The van der Waals surface area contributed by atoms with Crippen molar-refractivity contribution in [1.29, 1.82) is 0 Å². The Morgan fingerprint density at radius 3 is 3.06 bits per heavy atom. The molecule has 0 radical (unpaired) electrons. The molecule has 3 rings (SSSR count). The minimum atomic E-state index is 0.0663. The van der Waals surface area contributed by atoms with E-state index < -0.39 is 0 Å². The monoisotopic (exact) mass is 309 g/mol. The van der Waals surface area contributed by atoms with Crippen LogP contribution in [0, 0.1) is 5.92 Å². The molecule has 0 bridgehead atoms. The van der Waals surface area contributed by atoms with Gasteiger partial charge in [0.05, 0.1) is 0 Å². The van der Waals surface area contributed by atoms with Gasteiger partial charge in [0.2, 0.25) is 0 Å². The first-order chi connectivity index (χ1) is 8.88. The summed E-state index contributed by atoms with van der Waals surface area (Å²) in [5.41, 5.74) is 3.36. The summed E-state index contributed by atoms with van der Waals surface area (Å²) in [6, 6.07) is 6.93. The van der Waals surface area contributed by atoms with Crippen LogP contribution >= 0.6 is 0 Å². The molecule has 2 atom stereocenters. The van der Waals surface area contributed by atoms with Gasteiger partial charge >= 0.3 is 114 Å². The summed E-state index contributed by atoms with van der Waals surface area (Å²) in [4.78, 5) is 0. The Hall–Kier alpha value is -0.861. The van der Waals surface area contributed by atoms with Gasteiger partial charge in [0.15, 0.2) is 0 Å². The number of rotatable bonds is 3. The van der Waals surface area contributed by atoms with Crippen LogP contribution in [0.25, 0.3) is 11.0 Å². The second-order valence-corrected chi connectivity index (χ2v) is 6.25. The van der Waals surface area contributed by atoms with Crippen molar-refractivity contribution in [1.82, 2.24) is 7.96 Å². The van der Waals surface area contributed by atoms with Gasteiger partial charge in [-0.05, 0) is 0 Å². The van der Waals surface area contributed by atoms with Crippen LogP contribution in [0.15, 0.2) is 18.2 Å². The average Bonchev–Trinajstić information content (AvgIpc) is 2.89. The van der Waals surface area contributed by atoms with Gasteiger partial charge in [-0.2, -0.15) is 0 Å². The molecule has 0 saturated heterocycles. The third-order valence-corrected chi connectivity index (χ3v) is 5.20. The summed E-state index contributed by atoms with van der Waals surface area (Å²) < 4.78 is 9.00. The van der Waals surface area contributed by atoms with Gasteiger partial charge in [-0.3, -0.25) is 0 Å². The van der Waals surface area contributed by atoms with E-state index in [1.54, 1.807) is 0 Å². The third-order valence-electron chi connectivity index (χ3n) is 4.06. The Kier molecular flexibility index (Phi) is 3.67. The molecule has 0 amide bonds. The van der Waals surface area contributed by atoms with Gasteiger partial charge in [0.25, 0.3) is 0 Å². The van der Waals surface area contributed by atoms with E-state index in [9.17, 15) is 0 Å². The van der Waals surface area contributed by atoms with Crippen LogP contribution in [0.5, 0.6) is 0 Å². The molecule has 1 N–H and O–H groups in total. The van der Waals surface area contributed by atoms with Crippen LogP contribution < -0.4 is 5.32 Å². The van der Waals surface area contributed by atoms with Gasteiger partial charge < -0.3 is 0 Å². The number of benzene rings is 1. The Morgan fingerprint density at radius 2 is 2.17 bits per heavy atom. The van der Waals surface area contributed by atoms with Crippen LogP contribution in [0.4, 0.5) is 5.69 Å². The topological polar surface area (TPSA) is 37.8 Å². The second kappa shape index (κ2) is 5.41. The molecule has 18 heavy (non-hydrogen) atoms. The number of nitrogens with one attached hydrogen (secondary N) is 1. The summed E-state index contributed by atoms with van der Waals surface area (Å²) >= 11 is 0.0663. The fraction of sp³-hybridized carbons (Fsp3) is 0.571. The third kappa shape index (κ3) is 2.32. The summed E-state index contributed by atoms with van der Waals surface area (Å²) in [6.07, 6.45) is 6.69. The summed E-state index contributed by atoms with van der Waals surface area (Å²) in [7, 11) is 0. The standard InChI is InChI=1S/C14H19N3Se/c1-2-10-6-3-4-7-11(10)15-12-8-5-9-13-14(12)17-18-16-13/h5,8-11,15H,2-4,6-7H2,1H3. The molecule has 1 aromatic carbocycles. The first kappa shape index (κ1) is 12.2. The number of fused-ring (bicyclic) bond motifs is 1. The number of anilines is 1. The van der Waals surface area contributed by atoms with Crippen molar-refractivity contribution in [3.8, 4) is 0 Å². The van der Waals surface area contributed by atoms with Crippen LogP contribution in [-0.4, -0.2) is 29.0 Å². The van der Waals surface area contributed by atoms with Gasteiger partial charge in [-0.25, -0.2) is 0 Å². The molecule has 1 fully saturated rings. The molecule has 1 saturated carbocycles. The van der Waals surface area contributed by atoms with E-state index in [4.69, 9.17) is 0 Å². The van der Waals surface area contributed by atoms with E-state index in [2.05, 4.69) is 38.4 Å². The molecule has 96 valence electrons. The molecule has 1 aliphatic carbocycles. The number of hydrogen-bond acceptors (Lipinski definition) is 3. The van der Waals surface area contributed by atoms with E-state index in [-0.39, 0.29) is 15.0 Å². The van der Waals surface area contributed by atoms with E-state index in [0.29, 0.717) is 6.04 Å². The van der Waals surface area contributed by atoms with Crippen molar-refractivity contribution in [3.05, 3.63) is 18.2 Å². The first-order valence-corrected chi connectivity index (χ1v) is 8.39. The fourth-order valence-corrected chi connectivity index (χ4v) is 4.16. The van der Waals surface area contributed by atoms with E-state index in [0.717, 1.165) is 17.0 Å². The zero-order valence-corrected chi connectivity index (χ0v) is 12.4. The SMILES string of the molecule is CCC1CCCCC1Nc1cccc2n[se]nc12. The second-order valence-electron chi connectivity index (χ2n) is 5.14. The molecule has 2 unspecified atom stereocenters. The van der Waals surface area contributed by atoms with Gasteiger partial charge in [0.1, 0.15) is 0 Å². The Bertz CT molecular complexity index is 522. The molecule has 2 aromatic rings. The summed E-state index contributed by atoms with van der Waals surface area (Å²) in [6.45, 7) is 2.31. The molecule has 1 aromatic heterocycles.